The number of aromatic nitrogens is 2. The summed E-state index contributed by atoms with van der Waals surface area (Å²) in [6, 6.07) is 2.33. The molecule has 1 aliphatic carbocycles. The fraction of sp³-hybridized carbons (Fsp3) is 0.769. The Hall–Kier alpha value is -0.870. The minimum absolute atomic E-state index is 0.104. The molecule has 1 fully saturated rings. The van der Waals surface area contributed by atoms with Crippen LogP contribution in [-0.4, -0.2) is 33.6 Å². The Morgan fingerprint density at radius 2 is 2.29 bits per heavy atom. The van der Waals surface area contributed by atoms with E-state index in [1.807, 2.05) is 16.9 Å². The van der Waals surface area contributed by atoms with Gasteiger partial charge in [-0.15, -0.1) is 0 Å². The molecule has 2 rings (SSSR count). The third-order valence-electron chi connectivity index (χ3n) is 3.62. The number of nitrogens with one attached hydrogen (secondary N) is 1. The van der Waals surface area contributed by atoms with Gasteiger partial charge in [0.25, 0.3) is 0 Å². The lowest BCUT2D eigenvalue weighted by molar-refractivity contribution is 0.0680. The van der Waals surface area contributed by atoms with Crippen LogP contribution in [0, 0.1) is 5.92 Å². The van der Waals surface area contributed by atoms with E-state index in [4.69, 9.17) is 0 Å². The van der Waals surface area contributed by atoms with Crippen LogP contribution in [0.5, 0.6) is 0 Å². The molecule has 1 heterocycles. The van der Waals surface area contributed by atoms with Crippen LogP contribution in [0.2, 0.25) is 0 Å². The molecule has 96 valence electrons. The number of aliphatic hydroxyl groups is 1. The average molecular weight is 237 g/mol. The Morgan fingerprint density at radius 1 is 1.47 bits per heavy atom. The lowest BCUT2D eigenvalue weighted by atomic mass is 9.86. The monoisotopic (exact) mass is 237 g/mol. The van der Waals surface area contributed by atoms with E-state index in [1.54, 1.807) is 6.20 Å². The Kier molecular flexibility index (Phi) is 4.57. The molecule has 2 N–H and O–H groups in total. The summed E-state index contributed by atoms with van der Waals surface area (Å²) in [7, 11) is 0. The molecule has 17 heavy (non-hydrogen) atoms. The van der Waals surface area contributed by atoms with E-state index in [1.165, 1.54) is 12.8 Å². The molecule has 0 unspecified atom stereocenters. The summed E-state index contributed by atoms with van der Waals surface area (Å²) < 4.78 is 1.94. The van der Waals surface area contributed by atoms with Crippen molar-refractivity contribution in [3.8, 4) is 0 Å². The number of hydrogen-bond donors (Lipinski definition) is 2. The Bertz CT molecular complexity index is 312. The molecule has 4 heteroatoms. The maximum Gasteiger partial charge on any atom is 0.0580 e. The second-order valence-electron chi connectivity index (χ2n) is 5.15. The summed E-state index contributed by atoms with van der Waals surface area (Å²) in [5.41, 5.74) is 0. The second-order valence-corrected chi connectivity index (χ2v) is 5.15. The number of hydrogen-bond acceptors (Lipinski definition) is 3. The Balaban J connectivity index is 1.70. The van der Waals surface area contributed by atoms with Crippen molar-refractivity contribution in [1.82, 2.24) is 15.1 Å². The summed E-state index contributed by atoms with van der Waals surface area (Å²) in [5.74, 6) is 0.434. The van der Waals surface area contributed by atoms with Crippen molar-refractivity contribution in [1.29, 1.82) is 0 Å². The zero-order chi connectivity index (χ0) is 12.1. The highest BCUT2D eigenvalue weighted by atomic mass is 16.3. The number of aliphatic hydroxyl groups excluding tert-OH is 1. The Morgan fingerprint density at radius 3 is 3.00 bits per heavy atom. The largest absolute Gasteiger partial charge is 0.393 e. The maximum absolute atomic E-state index is 9.88. The smallest absolute Gasteiger partial charge is 0.0580 e. The predicted octanol–water partition coefficient (Wildman–Crippen LogP) is 1.41. The van der Waals surface area contributed by atoms with E-state index in [-0.39, 0.29) is 6.10 Å². The van der Waals surface area contributed by atoms with Gasteiger partial charge in [-0.25, -0.2) is 0 Å². The van der Waals surface area contributed by atoms with Gasteiger partial charge >= 0.3 is 0 Å². The normalized spacial score (nSPS) is 26.9. The molecule has 1 aromatic rings. The van der Waals surface area contributed by atoms with E-state index in [2.05, 4.69) is 17.3 Å². The van der Waals surface area contributed by atoms with E-state index < -0.39 is 0 Å². The zero-order valence-corrected chi connectivity index (χ0v) is 10.5. The van der Waals surface area contributed by atoms with E-state index in [0.717, 1.165) is 25.9 Å². The van der Waals surface area contributed by atoms with Gasteiger partial charge in [0.05, 0.1) is 12.6 Å². The van der Waals surface area contributed by atoms with E-state index in [9.17, 15) is 5.11 Å². The molecule has 0 aromatic carbocycles. The maximum atomic E-state index is 9.88. The summed E-state index contributed by atoms with van der Waals surface area (Å²) >= 11 is 0. The standard InChI is InChI=1S/C13H23N3O/c1-11(10-16-8-4-7-15-16)14-9-12-5-2-3-6-13(12)17/h4,7-8,11-14,17H,2-3,5-6,9-10H2,1H3/t11-,12+,13-/m1/s1. The van der Waals surface area contributed by atoms with Crippen molar-refractivity contribution in [3.05, 3.63) is 18.5 Å². The van der Waals surface area contributed by atoms with Gasteiger partial charge in [0, 0.05) is 25.0 Å². The van der Waals surface area contributed by atoms with Crippen LogP contribution in [0.25, 0.3) is 0 Å². The summed E-state index contributed by atoms with van der Waals surface area (Å²) in [6.45, 7) is 3.97. The molecule has 3 atom stereocenters. The first-order valence-electron chi connectivity index (χ1n) is 6.64. The second kappa shape index (κ2) is 6.17. The molecule has 0 aliphatic heterocycles. The molecule has 1 aliphatic rings. The van der Waals surface area contributed by atoms with E-state index >= 15 is 0 Å². The molecule has 4 nitrogen and oxygen atoms in total. The fourth-order valence-corrected chi connectivity index (χ4v) is 2.53. The van der Waals surface area contributed by atoms with Gasteiger partial charge in [-0.1, -0.05) is 12.8 Å². The molecule has 0 saturated heterocycles. The summed E-state index contributed by atoms with van der Waals surface area (Å²) in [5, 5.41) is 17.6. The zero-order valence-electron chi connectivity index (χ0n) is 10.5. The molecule has 0 amide bonds. The first kappa shape index (κ1) is 12.6. The van der Waals surface area contributed by atoms with Crippen molar-refractivity contribution in [2.45, 2.75) is 51.3 Å². The highest BCUT2D eigenvalue weighted by Gasteiger charge is 2.22. The van der Waals surface area contributed by atoms with Crippen LogP contribution in [0.1, 0.15) is 32.6 Å². The third kappa shape index (κ3) is 3.82. The highest BCUT2D eigenvalue weighted by molar-refractivity contribution is 4.80. The molecule has 0 radical (unpaired) electrons. The van der Waals surface area contributed by atoms with Gasteiger partial charge in [-0.3, -0.25) is 4.68 Å². The van der Waals surface area contributed by atoms with Gasteiger partial charge in [-0.2, -0.15) is 5.10 Å². The lowest BCUT2D eigenvalue weighted by Gasteiger charge is -2.29. The van der Waals surface area contributed by atoms with Gasteiger partial charge in [0.2, 0.25) is 0 Å². The predicted molar refractivity (Wildman–Crippen MR) is 67.7 cm³/mol. The molecular weight excluding hydrogens is 214 g/mol. The van der Waals surface area contributed by atoms with Crippen molar-refractivity contribution in [2.75, 3.05) is 6.54 Å². The number of nitrogens with zero attached hydrogens (tertiary/aromatic N) is 2. The van der Waals surface area contributed by atoms with E-state index in [0.29, 0.717) is 12.0 Å². The molecule has 0 spiro atoms. The van der Waals surface area contributed by atoms with Gasteiger partial charge in [-0.05, 0) is 31.7 Å². The molecule has 1 saturated carbocycles. The lowest BCUT2D eigenvalue weighted by Crippen LogP contribution is -2.39. The number of rotatable bonds is 5. The van der Waals surface area contributed by atoms with Crippen LogP contribution < -0.4 is 5.32 Å². The Labute approximate surface area is 103 Å². The average Bonchev–Trinajstić information content (AvgIpc) is 2.81. The first-order valence-corrected chi connectivity index (χ1v) is 6.64. The van der Waals surface area contributed by atoms with Crippen LogP contribution in [0.4, 0.5) is 0 Å². The minimum Gasteiger partial charge on any atom is -0.393 e. The summed E-state index contributed by atoms with van der Waals surface area (Å²) in [6.07, 6.45) is 8.25. The molecular formula is C13H23N3O. The SMILES string of the molecule is C[C@H](Cn1cccn1)NC[C@@H]1CCCC[C@H]1O. The van der Waals surface area contributed by atoms with Crippen molar-refractivity contribution in [2.24, 2.45) is 5.92 Å². The van der Waals surface area contributed by atoms with Crippen LogP contribution in [0.15, 0.2) is 18.5 Å². The molecule has 0 bridgehead atoms. The van der Waals surface area contributed by atoms with Crippen LogP contribution in [0.3, 0.4) is 0 Å². The summed E-state index contributed by atoms with van der Waals surface area (Å²) in [4.78, 5) is 0. The topological polar surface area (TPSA) is 50.1 Å². The minimum atomic E-state index is -0.104. The van der Waals surface area contributed by atoms with Crippen molar-refractivity contribution >= 4 is 0 Å². The van der Waals surface area contributed by atoms with Crippen molar-refractivity contribution < 1.29 is 5.11 Å². The first-order chi connectivity index (χ1) is 8.25. The quantitative estimate of drug-likeness (QED) is 0.814. The third-order valence-corrected chi connectivity index (χ3v) is 3.62. The highest BCUT2D eigenvalue weighted by Crippen LogP contribution is 2.23. The molecule has 1 aromatic heterocycles. The fourth-order valence-electron chi connectivity index (χ4n) is 2.53. The van der Waals surface area contributed by atoms with Gasteiger partial charge < -0.3 is 10.4 Å². The van der Waals surface area contributed by atoms with Crippen molar-refractivity contribution in [3.63, 3.8) is 0 Å². The van der Waals surface area contributed by atoms with Gasteiger partial charge in [0.1, 0.15) is 0 Å². The van der Waals surface area contributed by atoms with Gasteiger partial charge in [0.15, 0.2) is 0 Å². The van der Waals surface area contributed by atoms with Crippen LogP contribution >= 0.6 is 0 Å². The van der Waals surface area contributed by atoms with Crippen LogP contribution in [-0.2, 0) is 6.54 Å².